The number of aromatic nitrogens is 1. The molecule has 1 saturated heterocycles. The van der Waals surface area contributed by atoms with E-state index in [0.717, 1.165) is 51.2 Å². The van der Waals surface area contributed by atoms with Crippen molar-refractivity contribution >= 4 is 6.03 Å². The van der Waals surface area contributed by atoms with E-state index in [-0.39, 0.29) is 6.03 Å². The lowest BCUT2D eigenvalue weighted by atomic mass is 9.87. The Morgan fingerprint density at radius 3 is 2.54 bits per heavy atom. The van der Waals surface area contributed by atoms with Gasteiger partial charge in [-0.2, -0.15) is 0 Å². The second kappa shape index (κ2) is 8.47. The van der Waals surface area contributed by atoms with Gasteiger partial charge in [0.15, 0.2) is 0 Å². The molecule has 132 valence electrons. The zero-order chi connectivity index (χ0) is 16.8. The van der Waals surface area contributed by atoms with E-state index in [2.05, 4.69) is 39.6 Å². The number of nitrogens with one attached hydrogen (secondary N) is 2. The number of urea groups is 1. The molecule has 1 saturated carbocycles. The minimum Gasteiger partial charge on any atom is -0.335 e. The first-order valence-electron chi connectivity index (χ1n) is 9.37. The summed E-state index contributed by atoms with van der Waals surface area (Å²) in [5.74, 6) is 0.737. The Morgan fingerprint density at radius 1 is 1.12 bits per heavy atom. The Morgan fingerprint density at radius 2 is 1.83 bits per heavy atom. The Kier molecular flexibility index (Phi) is 6.07. The van der Waals surface area contributed by atoms with E-state index in [1.807, 2.05) is 12.4 Å². The average molecular weight is 330 g/mol. The Hall–Kier alpha value is -1.62. The highest BCUT2D eigenvalue weighted by Crippen LogP contribution is 2.23. The molecule has 0 spiro atoms. The number of likely N-dealkylation sites (tertiary alicyclic amines) is 1. The van der Waals surface area contributed by atoms with Crippen LogP contribution in [0.4, 0.5) is 4.79 Å². The van der Waals surface area contributed by atoms with E-state index in [1.165, 1.54) is 18.4 Å². The Labute approximate surface area is 145 Å². The number of hydrogen-bond donors (Lipinski definition) is 2. The first kappa shape index (κ1) is 17.2. The normalized spacial score (nSPS) is 26.0. The van der Waals surface area contributed by atoms with Gasteiger partial charge >= 0.3 is 6.03 Å². The van der Waals surface area contributed by atoms with Crippen molar-refractivity contribution in [2.75, 3.05) is 13.1 Å². The van der Waals surface area contributed by atoms with Crippen molar-refractivity contribution in [2.24, 2.45) is 5.92 Å². The molecule has 0 unspecified atom stereocenters. The third-order valence-corrected chi connectivity index (χ3v) is 5.35. The van der Waals surface area contributed by atoms with E-state index in [0.29, 0.717) is 12.1 Å². The number of carbonyl (C=O) groups excluding carboxylic acids is 1. The molecule has 2 atom stereocenters. The van der Waals surface area contributed by atoms with Crippen molar-refractivity contribution in [3.63, 3.8) is 0 Å². The van der Waals surface area contributed by atoms with Gasteiger partial charge < -0.3 is 10.6 Å². The largest absolute Gasteiger partial charge is 0.335 e. The van der Waals surface area contributed by atoms with E-state index < -0.39 is 0 Å². The van der Waals surface area contributed by atoms with E-state index in [1.54, 1.807) is 0 Å². The minimum absolute atomic E-state index is 0.0293. The maximum Gasteiger partial charge on any atom is 0.315 e. The molecule has 2 N–H and O–H groups in total. The minimum atomic E-state index is 0.0293. The summed E-state index contributed by atoms with van der Waals surface area (Å²) in [4.78, 5) is 18.7. The summed E-state index contributed by atoms with van der Waals surface area (Å²) in [6.45, 7) is 5.33. The van der Waals surface area contributed by atoms with Crippen LogP contribution in [-0.4, -0.2) is 41.1 Å². The standard InChI is InChI=1S/C19H30N4O/c1-15-3-2-4-18(13-15)22-19(24)21-17-7-11-23(12-8-17)14-16-5-9-20-10-6-16/h5-6,9-10,15,17-18H,2-4,7-8,11-14H2,1H3,(H2,21,22,24)/t15-,18+/m0/s1. The predicted octanol–water partition coefficient (Wildman–Crippen LogP) is 2.92. The first-order chi connectivity index (χ1) is 11.7. The second-order valence-corrected chi connectivity index (χ2v) is 7.49. The van der Waals surface area contributed by atoms with Crippen LogP contribution in [0, 0.1) is 5.92 Å². The van der Waals surface area contributed by atoms with Crippen LogP contribution in [0.25, 0.3) is 0 Å². The van der Waals surface area contributed by atoms with Gasteiger partial charge in [-0.3, -0.25) is 9.88 Å². The van der Waals surface area contributed by atoms with E-state index in [9.17, 15) is 4.79 Å². The van der Waals surface area contributed by atoms with Crippen molar-refractivity contribution < 1.29 is 4.79 Å². The molecule has 5 nitrogen and oxygen atoms in total. The summed E-state index contributed by atoms with van der Waals surface area (Å²) in [6, 6.07) is 4.84. The highest BCUT2D eigenvalue weighted by molar-refractivity contribution is 5.74. The number of amides is 2. The molecule has 2 amide bonds. The molecule has 2 heterocycles. The number of nitrogens with zero attached hydrogens (tertiary/aromatic N) is 2. The fourth-order valence-corrected chi connectivity index (χ4v) is 3.96. The smallest absolute Gasteiger partial charge is 0.315 e. The van der Waals surface area contributed by atoms with E-state index in [4.69, 9.17) is 0 Å². The van der Waals surface area contributed by atoms with Gasteiger partial charge in [0.25, 0.3) is 0 Å². The first-order valence-corrected chi connectivity index (χ1v) is 9.37. The van der Waals surface area contributed by atoms with Crippen LogP contribution in [-0.2, 0) is 6.54 Å². The predicted molar refractivity (Wildman–Crippen MR) is 95.6 cm³/mol. The average Bonchev–Trinajstić information content (AvgIpc) is 2.57. The molecule has 1 aliphatic carbocycles. The zero-order valence-electron chi connectivity index (χ0n) is 14.7. The molecule has 2 aliphatic rings. The quantitative estimate of drug-likeness (QED) is 0.892. The molecule has 0 bridgehead atoms. The summed E-state index contributed by atoms with van der Waals surface area (Å²) in [6.07, 6.45) is 10.5. The molecule has 3 rings (SSSR count). The summed E-state index contributed by atoms with van der Waals surface area (Å²) < 4.78 is 0. The maximum atomic E-state index is 12.2. The van der Waals surface area contributed by atoms with Crippen LogP contribution in [0.3, 0.4) is 0 Å². The SMILES string of the molecule is C[C@H]1CCC[C@@H](NC(=O)NC2CCN(Cc3ccncc3)CC2)C1. The highest BCUT2D eigenvalue weighted by atomic mass is 16.2. The van der Waals surface area contributed by atoms with Gasteiger partial charge in [0.1, 0.15) is 0 Å². The van der Waals surface area contributed by atoms with Gasteiger partial charge in [-0.15, -0.1) is 0 Å². The number of pyridine rings is 1. The van der Waals surface area contributed by atoms with Crippen molar-refractivity contribution in [1.29, 1.82) is 0 Å². The Bertz CT molecular complexity index is 513. The molecule has 0 radical (unpaired) electrons. The fraction of sp³-hybridized carbons (Fsp3) is 0.684. The molecule has 1 aromatic rings. The molecule has 2 fully saturated rings. The number of hydrogen-bond acceptors (Lipinski definition) is 3. The van der Waals surface area contributed by atoms with Crippen LogP contribution in [0.15, 0.2) is 24.5 Å². The lowest BCUT2D eigenvalue weighted by Gasteiger charge is -2.33. The van der Waals surface area contributed by atoms with Gasteiger partial charge in [0.2, 0.25) is 0 Å². The fourth-order valence-electron chi connectivity index (χ4n) is 3.96. The topological polar surface area (TPSA) is 57.3 Å². The van der Waals surface area contributed by atoms with Gasteiger partial charge in [-0.05, 0) is 49.3 Å². The number of carbonyl (C=O) groups is 1. The van der Waals surface area contributed by atoms with Crippen molar-refractivity contribution in [2.45, 2.75) is 64.1 Å². The lowest BCUT2D eigenvalue weighted by molar-refractivity contribution is 0.183. The monoisotopic (exact) mass is 330 g/mol. The van der Waals surface area contributed by atoms with Crippen molar-refractivity contribution in [1.82, 2.24) is 20.5 Å². The van der Waals surface area contributed by atoms with Crippen LogP contribution in [0.5, 0.6) is 0 Å². The molecule has 0 aromatic carbocycles. The third-order valence-electron chi connectivity index (χ3n) is 5.35. The second-order valence-electron chi connectivity index (χ2n) is 7.49. The lowest BCUT2D eigenvalue weighted by Crippen LogP contribution is -2.50. The van der Waals surface area contributed by atoms with Crippen molar-refractivity contribution in [3.8, 4) is 0 Å². The summed E-state index contributed by atoms with van der Waals surface area (Å²) in [7, 11) is 0. The number of piperidine rings is 1. The van der Waals surface area contributed by atoms with Gasteiger partial charge in [-0.25, -0.2) is 4.79 Å². The molecule has 1 aliphatic heterocycles. The molecule has 5 heteroatoms. The van der Waals surface area contributed by atoms with Gasteiger partial charge in [-0.1, -0.05) is 19.8 Å². The van der Waals surface area contributed by atoms with Crippen LogP contribution < -0.4 is 10.6 Å². The van der Waals surface area contributed by atoms with Gasteiger partial charge in [0, 0.05) is 44.1 Å². The summed E-state index contributed by atoms with van der Waals surface area (Å²) >= 11 is 0. The van der Waals surface area contributed by atoms with E-state index >= 15 is 0 Å². The zero-order valence-corrected chi connectivity index (χ0v) is 14.7. The van der Waals surface area contributed by atoms with Crippen LogP contribution in [0.2, 0.25) is 0 Å². The van der Waals surface area contributed by atoms with Gasteiger partial charge in [0.05, 0.1) is 0 Å². The molecule has 1 aromatic heterocycles. The third kappa shape index (κ3) is 5.20. The molecular weight excluding hydrogens is 300 g/mol. The molecular formula is C19H30N4O. The van der Waals surface area contributed by atoms with Crippen molar-refractivity contribution in [3.05, 3.63) is 30.1 Å². The molecule has 24 heavy (non-hydrogen) atoms. The maximum absolute atomic E-state index is 12.2. The van der Waals surface area contributed by atoms with Crippen LogP contribution in [0.1, 0.15) is 51.0 Å². The summed E-state index contributed by atoms with van der Waals surface area (Å²) in [5.41, 5.74) is 1.31. The highest BCUT2D eigenvalue weighted by Gasteiger charge is 2.23. The summed E-state index contributed by atoms with van der Waals surface area (Å²) in [5, 5.41) is 6.36. The number of rotatable bonds is 4. The van der Waals surface area contributed by atoms with Crippen LogP contribution >= 0.6 is 0 Å². The Balaban J connectivity index is 1.36.